The molecule has 7 heteroatoms. The van der Waals surface area contributed by atoms with Gasteiger partial charge < -0.3 is 25.4 Å². The summed E-state index contributed by atoms with van der Waals surface area (Å²) < 4.78 is 11.0. The number of benzene rings is 2. The second-order valence-corrected chi connectivity index (χ2v) is 7.04. The van der Waals surface area contributed by atoms with Gasteiger partial charge in [0.05, 0.1) is 0 Å². The van der Waals surface area contributed by atoms with Crippen LogP contribution >= 0.6 is 0 Å². The molecule has 3 N–H and O–H groups in total. The van der Waals surface area contributed by atoms with Crippen LogP contribution in [-0.2, 0) is 4.79 Å². The summed E-state index contributed by atoms with van der Waals surface area (Å²) in [4.78, 5) is 24.7. The smallest absolute Gasteiger partial charge is 0.251 e. The van der Waals surface area contributed by atoms with Crippen molar-refractivity contribution in [2.45, 2.75) is 31.8 Å². The van der Waals surface area contributed by atoms with Gasteiger partial charge in [-0.1, -0.05) is 6.07 Å². The molecule has 1 aliphatic heterocycles. The Bertz CT molecular complexity index is 895. The molecule has 146 valence electrons. The molecule has 1 fully saturated rings. The van der Waals surface area contributed by atoms with E-state index in [9.17, 15) is 9.59 Å². The Balaban J connectivity index is 1.37. The van der Waals surface area contributed by atoms with Gasteiger partial charge in [0.2, 0.25) is 5.91 Å². The van der Waals surface area contributed by atoms with E-state index in [-0.39, 0.29) is 11.8 Å². The van der Waals surface area contributed by atoms with E-state index in [2.05, 4.69) is 16.0 Å². The van der Waals surface area contributed by atoms with Crippen molar-refractivity contribution in [3.8, 4) is 11.5 Å². The van der Waals surface area contributed by atoms with Crippen LogP contribution in [-0.4, -0.2) is 37.1 Å². The number of rotatable bonds is 6. The van der Waals surface area contributed by atoms with Crippen LogP contribution in [0, 0.1) is 0 Å². The van der Waals surface area contributed by atoms with Crippen molar-refractivity contribution in [2.75, 3.05) is 23.8 Å². The lowest BCUT2D eigenvalue weighted by atomic mass is 10.1. The third-order valence-corrected chi connectivity index (χ3v) is 4.62. The van der Waals surface area contributed by atoms with Gasteiger partial charge in [0.15, 0.2) is 11.5 Å². The molecule has 28 heavy (non-hydrogen) atoms. The molecular formula is C21H23N3O4. The maximum atomic E-state index is 12.5. The van der Waals surface area contributed by atoms with Gasteiger partial charge in [-0.25, -0.2) is 0 Å². The van der Waals surface area contributed by atoms with Gasteiger partial charge in [0.25, 0.3) is 5.91 Å². The summed E-state index contributed by atoms with van der Waals surface area (Å²) in [5.74, 6) is 1.03. The van der Waals surface area contributed by atoms with Crippen molar-refractivity contribution < 1.29 is 19.1 Å². The highest BCUT2D eigenvalue weighted by Gasteiger charge is 2.24. The zero-order valence-corrected chi connectivity index (χ0v) is 15.7. The molecule has 0 unspecified atom stereocenters. The molecule has 1 saturated carbocycles. The van der Waals surface area contributed by atoms with Crippen LogP contribution in [0.5, 0.6) is 11.5 Å². The van der Waals surface area contributed by atoms with Crippen molar-refractivity contribution in [1.29, 1.82) is 0 Å². The van der Waals surface area contributed by atoms with Crippen LogP contribution in [0.1, 0.15) is 30.1 Å². The fourth-order valence-corrected chi connectivity index (χ4v) is 2.93. The Morgan fingerprint density at radius 1 is 1.00 bits per heavy atom. The summed E-state index contributed by atoms with van der Waals surface area (Å²) in [7, 11) is 0. The zero-order valence-electron chi connectivity index (χ0n) is 15.7. The van der Waals surface area contributed by atoms with E-state index < -0.39 is 6.04 Å². The van der Waals surface area contributed by atoms with E-state index in [1.54, 1.807) is 43.3 Å². The van der Waals surface area contributed by atoms with Gasteiger partial charge in [-0.15, -0.1) is 0 Å². The van der Waals surface area contributed by atoms with Crippen molar-refractivity contribution in [2.24, 2.45) is 0 Å². The molecule has 1 heterocycles. The van der Waals surface area contributed by atoms with Gasteiger partial charge in [-0.05, 0) is 50.1 Å². The quantitative estimate of drug-likeness (QED) is 0.716. The lowest BCUT2D eigenvalue weighted by Crippen LogP contribution is -2.32. The SMILES string of the molecule is C[C@H](Nc1cccc(C(=O)NC2CC2)c1)C(=O)Nc1ccc2c(c1)OCCO2. The topological polar surface area (TPSA) is 88.7 Å². The summed E-state index contributed by atoms with van der Waals surface area (Å²) >= 11 is 0. The Morgan fingerprint density at radius 3 is 2.57 bits per heavy atom. The van der Waals surface area contributed by atoms with Crippen LogP contribution in [0.2, 0.25) is 0 Å². The monoisotopic (exact) mass is 381 g/mol. The van der Waals surface area contributed by atoms with Crippen LogP contribution in [0.15, 0.2) is 42.5 Å². The summed E-state index contributed by atoms with van der Waals surface area (Å²) in [5, 5.41) is 8.97. The highest BCUT2D eigenvalue weighted by Crippen LogP contribution is 2.32. The Labute approximate surface area is 163 Å². The lowest BCUT2D eigenvalue weighted by Gasteiger charge is -2.20. The molecule has 2 aliphatic rings. The number of fused-ring (bicyclic) bond motifs is 1. The van der Waals surface area contributed by atoms with Crippen LogP contribution in [0.4, 0.5) is 11.4 Å². The molecule has 1 aliphatic carbocycles. The fraction of sp³-hybridized carbons (Fsp3) is 0.333. The highest BCUT2D eigenvalue weighted by atomic mass is 16.6. The average molecular weight is 381 g/mol. The number of nitrogens with one attached hydrogen (secondary N) is 3. The molecule has 0 aromatic heterocycles. The minimum Gasteiger partial charge on any atom is -0.486 e. The van der Waals surface area contributed by atoms with Crippen molar-refractivity contribution in [1.82, 2.24) is 5.32 Å². The number of amides is 2. The molecule has 7 nitrogen and oxygen atoms in total. The summed E-state index contributed by atoms with van der Waals surface area (Å²) in [6.45, 7) is 2.79. The molecule has 0 bridgehead atoms. The van der Waals surface area contributed by atoms with Gasteiger partial charge in [-0.3, -0.25) is 9.59 Å². The number of carbonyl (C=O) groups is 2. The summed E-state index contributed by atoms with van der Waals surface area (Å²) in [6, 6.07) is 12.3. The van der Waals surface area contributed by atoms with E-state index in [4.69, 9.17) is 9.47 Å². The Kier molecular flexibility index (Phi) is 5.06. The Morgan fingerprint density at radius 2 is 1.79 bits per heavy atom. The maximum absolute atomic E-state index is 12.5. The molecule has 2 aromatic carbocycles. The minimum absolute atomic E-state index is 0.0838. The number of carbonyl (C=O) groups excluding carboxylic acids is 2. The lowest BCUT2D eigenvalue weighted by molar-refractivity contribution is -0.116. The van der Waals surface area contributed by atoms with Crippen molar-refractivity contribution >= 4 is 23.2 Å². The number of hydrogen-bond acceptors (Lipinski definition) is 5. The van der Waals surface area contributed by atoms with E-state index in [0.29, 0.717) is 47.7 Å². The second-order valence-electron chi connectivity index (χ2n) is 7.04. The number of ether oxygens (including phenoxy) is 2. The summed E-state index contributed by atoms with van der Waals surface area (Å²) in [6.07, 6.45) is 2.08. The molecule has 4 rings (SSSR count). The first-order chi connectivity index (χ1) is 13.6. The van der Waals surface area contributed by atoms with Gasteiger partial charge in [0, 0.05) is 29.0 Å². The Hall–Kier alpha value is -3.22. The molecule has 1 atom stereocenters. The standard InChI is InChI=1S/C21H23N3O4/c1-13(20(25)24-17-7-8-18-19(12-17)28-10-9-27-18)22-16-4-2-3-14(11-16)21(26)23-15-5-6-15/h2-4,7-8,11-13,15,22H,5-6,9-10H2,1H3,(H,23,26)(H,24,25)/t13-/m0/s1. The first-order valence-corrected chi connectivity index (χ1v) is 9.46. The number of anilines is 2. The maximum Gasteiger partial charge on any atom is 0.251 e. The van der Waals surface area contributed by atoms with Crippen molar-refractivity contribution in [3.63, 3.8) is 0 Å². The predicted octanol–water partition coefficient (Wildman–Crippen LogP) is 2.79. The second kappa shape index (κ2) is 7.80. The fourth-order valence-electron chi connectivity index (χ4n) is 2.93. The molecule has 0 spiro atoms. The van der Waals surface area contributed by atoms with Crippen LogP contribution in [0.3, 0.4) is 0 Å². The van der Waals surface area contributed by atoms with Gasteiger partial charge in [-0.2, -0.15) is 0 Å². The van der Waals surface area contributed by atoms with E-state index in [1.165, 1.54) is 0 Å². The van der Waals surface area contributed by atoms with Crippen LogP contribution in [0.25, 0.3) is 0 Å². The van der Waals surface area contributed by atoms with E-state index >= 15 is 0 Å². The zero-order chi connectivity index (χ0) is 19.5. The minimum atomic E-state index is -0.491. The van der Waals surface area contributed by atoms with Crippen molar-refractivity contribution in [3.05, 3.63) is 48.0 Å². The first-order valence-electron chi connectivity index (χ1n) is 9.46. The van der Waals surface area contributed by atoms with E-state index in [0.717, 1.165) is 12.8 Å². The molecule has 2 amide bonds. The summed E-state index contributed by atoms with van der Waals surface area (Å²) in [5.41, 5.74) is 1.94. The first kappa shape index (κ1) is 18.2. The predicted molar refractivity (Wildman–Crippen MR) is 106 cm³/mol. The molecule has 0 saturated heterocycles. The largest absolute Gasteiger partial charge is 0.486 e. The molecular weight excluding hydrogens is 358 g/mol. The third kappa shape index (κ3) is 4.36. The third-order valence-electron chi connectivity index (χ3n) is 4.62. The normalized spacial score (nSPS) is 16.0. The molecule has 0 radical (unpaired) electrons. The number of hydrogen-bond donors (Lipinski definition) is 3. The van der Waals surface area contributed by atoms with Crippen LogP contribution < -0.4 is 25.4 Å². The average Bonchev–Trinajstić information content (AvgIpc) is 3.52. The van der Waals surface area contributed by atoms with E-state index in [1.807, 2.05) is 6.07 Å². The molecule has 2 aromatic rings. The van der Waals surface area contributed by atoms with Gasteiger partial charge in [0.1, 0.15) is 19.3 Å². The highest BCUT2D eigenvalue weighted by molar-refractivity contribution is 5.97. The van der Waals surface area contributed by atoms with Gasteiger partial charge >= 0.3 is 0 Å².